The zero-order valence-corrected chi connectivity index (χ0v) is 25.0. The number of fused-ring (bicyclic) bond motifs is 1. The molecule has 5 aromatic rings. The quantitative estimate of drug-likeness (QED) is 0.145. The summed E-state index contributed by atoms with van der Waals surface area (Å²) in [6.45, 7) is 5.09. The van der Waals surface area contributed by atoms with Crippen molar-refractivity contribution in [2.45, 2.75) is 32.1 Å². The first-order chi connectivity index (χ1) is 20.1. The number of Topliss-reactive ketones (excluding diaryl/α,β-unsaturated/α-hetero) is 1. The molecule has 0 atom stereocenters. The van der Waals surface area contributed by atoms with Gasteiger partial charge in [0.15, 0.2) is 34.2 Å². The number of carbonyl (C=O) groups is 1. The van der Waals surface area contributed by atoms with Crippen LogP contribution in [0, 0.1) is 0 Å². The molecule has 0 heterocycles. The molecular weight excluding hydrogens is 560 g/mol. The Labute approximate surface area is 243 Å². The number of rotatable bonds is 7. The number of benzene rings is 5. The van der Waals surface area contributed by atoms with E-state index >= 15 is 0 Å². The maximum Gasteiger partial charge on any atom is 0.207 e. The minimum atomic E-state index is -0.520. The fraction of sp³-hybridized carbons (Fsp3) is 0.281. The van der Waals surface area contributed by atoms with Crippen molar-refractivity contribution in [2.24, 2.45) is 0 Å². The molecule has 0 saturated carbocycles. The number of ether oxygens (including phenoxy) is 4. The second kappa shape index (κ2) is 9.55. The number of aromatic hydroxyl groups is 2. The van der Waals surface area contributed by atoms with E-state index in [1.165, 1.54) is 53.2 Å². The molecule has 42 heavy (non-hydrogen) atoms. The smallest absolute Gasteiger partial charge is 0.207 e. The van der Waals surface area contributed by atoms with E-state index in [9.17, 15) is 24.6 Å². The maximum absolute atomic E-state index is 14.2. The molecule has 216 valence electrons. The number of carbonyl (C=O) groups excluding carboxylic acids is 1. The van der Waals surface area contributed by atoms with E-state index in [1.54, 1.807) is 6.92 Å². The third kappa shape index (κ3) is 3.24. The molecule has 0 bridgehead atoms. The predicted octanol–water partition coefficient (Wildman–Crippen LogP) is 5.37. The SMILES string of the molecule is CCSc1c(OC)c2c3c(OC)cc(=O)c4c(O)c(OC)c5c(c6c(c(OC)c(O)c(c1=O)c62)CC(C)=C5C(C)=O)c43. The lowest BCUT2D eigenvalue weighted by Gasteiger charge is -2.24. The highest BCUT2D eigenvalue weighted by Crippen LogP contribution is 2.58. The highest BCUT2D eigenvalue weighted by molar-refractivity contribution is 7.99. The largest absolute Gasteiger partial charge is 0.504 e. The Morgan fingerprint density at radius 1 is 0.810 bits per heavy atom. The van der Waals surface area contributed by atoms with Gasteiger partial charge in [0, 0.05) is 49.7 Å². The van der Waals surface area contributed by atoms with Gasteiger partial charge in [-0.3, -0.25) is 14.4 Å². The van der Waals surface area contributed by atoms with Crippen LogP contribution >= 0.6 is 11.8 Å². The van der Waals surface area contributed by atoms with Gasteiger partial charge in [0.2, 0.25) is 5.43 Å². The molecule has 0 amide bonds. The molecule has 1 aliphatic rings. The number of allylic oxidation sites excluding steroid dienone is 2. The molecular formula is C32H28O9S. The second-order valence-corrected chi connectivity index (χ2v) is 11.5. The van der Waals surface area contributed by atoms with Crippen molar-refractivity contribution in [3.63, 3.8) is 0 Å². The van der Waals surface area contributed by atoms with Crippen LogP contribution in [0.3, 0.4) is 0 Å². The maximum atomic E-state index is 14.2. The Morgan fingerprint density at radius 3 is 2.00 bits per heavy atom. The van der Waals surface area contributed by atoms with Gasteiger partial charge in [0.05, 0.1) is 44.1 Å². The minimum absolute atomic E-state index is 0.0197. The number of phenols is 2. The van der Waals surface area contributed by atoms with Crippen LogP contribution in [0.15, 0.2) is 26.1 Å². The Hall–Kier alpha value is -4.44. The Kier molecular flexibility index (Phi) is 6.31. The first-order valence-corrected chi connectivity index (χ1v) is 14.2. The van der Waals surface area contributed by atoms with E-state index in [-0.39, 0.29) is 56.6 Å². The van der Waals surface area contributed by atoms with E-state index in [4.69, 9.17) is 18.9 Å². The second-order valence-electron chi connectivity index (χ2n) is 10.2. The molecule has 0 spiro atoms. The van der Waals surface area contributed by atoms with Gasteiger partial charge in [0.25, 0.3) is 0 Å². The molecule has 0 radical (unpaired) electrons. The molecule has 0 fully saturated rings. The first-order valence-electron chi connectivity index (χ1n) is 13.2. The summed E-state index contributed by atoms with van der Waals surface area (Å²) in [5.41, 5.74) is 0.766. The van der Waals surface area contributed by atoms with Gasteiger partial charge in [0.1, 0.15) is 11.5 Å². The fourth-order valence-electron chi connectivity index (χ4n) is 6.78. The van der Waals surface area contributed by atoms with Crippen LogP contribution in [0.4, 0.5) is 0 Å². The van der Waals surface area contributed by atoms with Gasteiger partial charge in [-0.2, -0.15) is 0 Å². The van der Waals surface area contributed by atoms with E-state index in [0.717, 1.165) is 0 Å². The normalized spacial score (nSPS) is 13.1. The van der Waals surface area contributed by atoms with Gasteiger partial charge < -0.3 is 29.2 Å². The van der Waals surface area contributed by atoms with Crippen molar-refractivity contribution in [3.05, 3.63) is 43.2 Å². The van der Waals surface area contributed by atoms with Crippen LogP contribution in [0.5, 0.6) is 34.5 Å². The third-order valence-corrected chi connectivity index (χ3v) is 9.12. The summed E-state index contributed by atoms with van der Waals surface area (Å²) >= 11 is 1.26. The topological polar surface area (TPSA) is 129 Å². The van der Waals surface area contributed by atoms with Crippen molar-refractivity contribution in [3.8, 4) is 34.5 Å². The molecule has 0 saturated heterocycles. The average molecular weight is 589 g/mol. The van der Waals surface area contributed by atoms with Crippen LogP contribution in [0.25, 0.3) is 48.7 Å². The van der Waals surface area contributed by atoms with Crippen molar-refractivity contribution in [1.82, 2.24) is 0 Å². The summed E-state index contributed by atoms with van der Waals surface area (Å²) in [6, 6.07) is 1.27. The average Bonchev–Trinajstić information content (AvgIpc) is 3.08. The molecule has 2 N–H and O–H groups in total. The number of thioether (sulfide) groups is 1. The van der Waals surface area contributed by atoms with Crippen molar-refractivity contribution in [2.75, 3.05) is 34.2 Å². The first kappa shape index (κ1) is 27.7. The number of hydrogen-bond donors (Lipinski definition) is 2. The van der Waals surface area contributed by atoms with Gasteiger partial charge in [-0.1, -0.05) is 12.5 Å². The van der Waals surface area contributed by atoms with Crippen molar-refractivity contribution in [1.29, 1.82) is 0 Å². The number of ketones is 1. The summed E-state index contributed by atoms with van der Waals surface area (Å²) in [5, 5.41) is 25.7. The van der Waals surface area contributed by atoms with Crippen molar-refractivity contribution >= 4 is 66.2 Å². The lowest BCUT2D eigenvalue weighted by molar-refractivity contribution is -0.111. The molecule has 9 nitrogen and oxygen atoms in total. The van der Waals surface area contributed by atoms with Crippen LogP contribution in [0.2, 0.25) is 0 Å². The molecule has 1 aliphatic carbocycles. The summed E-state index contributed by atoms with van der Waals surface area (Å²) in [6.07, 6.45) is 0.169. The highest BCUT2D eigenvalue weighted by Gasteiger charge is 2.37. The lowest BCUT2D eigenvalue weighted by Crippen LogP contribution is -2.12. The van der Waals surface area contributed by atoms with Gasteiger partial charge in [-0.15, -0.1) is 11.8 Å². The minimum Gasteiger partial charge on any atom is -0.504 e. The van der Waals surface area contributed by atoms with E-state index in [1.807, 2.05) is 6.92 Å². The highest BCUT2D eigenvalue weighted by atomic mass is 32.2. The summed E-state index contributed by atoms with van der Waals surface area (Å²) < 4.78 is 23.1. The van der Waals surface area contributed by atoms with Gasteiger partial charge >= 0.3 is 0 Å². The van der Waals surface area contributed by atoms with Gasteiger partial charge in [-0.25, -0.2) is 0 Å². The molecule has 5 aromatic carbocycles. The Balaban J connectivity index is 2.21. The summed E-state index contributed by atoms with van der Waals surface area (Å²) in [4.78, 5) is 41.4. The molecule has 10 heteroatoms. The summed E-state index contributed by atoms with van der Waals surface area (Å²) in [7, 11) is 5.63. The fourth-order valence-corrected chi connectivity index (χ4v) is 7.62. The number of phenolic OH excluding ortho intramolecular Hbond substituents is 2. The lowest BCUT2D eigenvalue weighted by atomic mass is 9.82. The third-order valence-electron chi connectivity index (χ3n) is 8.17. The van der Waals surface area contributed by atoms with Crippen LogP contribution in [-0.4, -0.2) is 50.2 Å². The number of methoxy groups -OCH3 is 4. The Morgan fingerprint density at radius 2 is 1.43 bits per heavy atom. The van der Waals surface area contributed by atoms with Crippen LogP contribution < -0.4 is 29.8 Å². The van der Waals surface area contributed by atoms with Crippen LogP contribution in [0.1, 0.15) is 31.9 Å². The van der Waals surface area contributed by atoms with E-state index in [2.05, 4.69) is 0 Å². The number of hydrogen-bond acceptors (Lipinski definition) is 10. The van der Waals surface area contributed by atoms with E-state index in [0.29, 0.717) is 60.3 Å². The summed E-state index contributed by atoms with van der Waals surface area (Å²) in [5.74, 6) is -0.0141. The molecule has 6 rings (SSSR count). The predicted molar refractivity (Wildman–Crippen MR) is 164 cm³/mol. The zero-order chi connectivity index (χ0) is 30.4. The molecule has 0 aliphatic heterocycles. The zero-order valence-electron chi connectivity index (χ0n) is 24.2. The monoisotopic (exact) mass is 588 g/mol. The van der Waals surface area contributed by atoms with E-state index < -0.39 is 16.6 Å². The van der Waals surface area contributed by atoms with Crippen LogP contribution in [-0.2, 0) is 11.2 Å². The molecule has 0 aromatic heterocycles. The van der Waals surface area contributed by atoms with Gasteiger partial charge in [-0.05, 0) is 31.4 Å². The molecule has 0 unspecified atom stereocenters. The van der Waals surface area contributed by atoms with Crippen molar-refractivity contribution < 1.29 is 34.0 Å². The Bertz CT molecular complexity index is 2160. The standard InChI is InChI=1S/C32H28O9S/c1-8-42-32-28(37)25-21-17-13(29(39-5)27(25)36)9-11(2)16(12(3)33)23-20(17)22-18(26(35)30(23)40-6)14(34)10-15(38-4)19(22)24(21)31(32)41-7/h10,35-36H,8-9H2,1-7H3.